The van der Waals surface area contributed by atoms with Crippen LogP contribution in [-0.4, -0.2) is 91.6 Å². The fraction of sp³-hybridized carbons (Fsp3) is 0.682. The van der Waals surface area contributed by atoms with Crippen molar-refractivity contribution in [1.29, 1.82) is 0 Å². The predicted octanol–water partition coefficient (Wildman–Crippen LogP) is 1.17. The first-order valence-corrected chi connectivity index (χ1v) is 14.0. The molecule has 1 aromatic carbocycles. The van der Waals surface area contributed by atoms with Crippen molar-refractivity contribution in [3.8, 4) is 5.75 Å². The van der Waals surface area contributed by atoms with Crippen molar-refractivity contribution in [3.63, 3.8) is 0 Å². The second-order valence-corrected chi connectivity index (χ2v) is 12.3. The van der Waals surface area contributed by atoms with Crippen LogP contribution in [0.1, 0.15) is 13.8 Å². The largest absolute Gasteiger partial charge is 0.497 e. The molecule has 3 N–H and O–H groups in total. The Morgan fingerprint density at radius 1 is 1.23 bits per heavy atom. The summed E-state index contributed by atoms with van der Waals surface area (Å²) >= 11 is 1.94. The zero-order valence-corrected chi connectivity index (χ0v) is 22.8. The van der Waals surface area contributed by atoms with E-state index in [1.807, 2.05) is 36.4 Å². The molecule has 6 atom stereocenters. The van der Waals surface area contributed by atoms with E-state index >= 15 is 0 Å². The van der Waals surface area contributed by atoms with Crippen LogP contribution in [0.15, 0.2) is 29.2 Å². The number of hydrogen-bond donors (Lipinski definition) is 3. The van der Waals surface area contributed by atoms with E-state index in [-0.39, 0.29) is 43.7 Å². The van der Waals surface area contributed by atoms with Crippen molar-refractivity contribution in [3.05, 3.63) is 24.3 Å². The number of halogens is 1. The van der Waals surface area contributed by atoms with Crippen LogP contribution in [0.25, 0.3) is 0 Å². The van der Waals surface area contributed by atoms with Crippen LogP contribution >= 0.6 is 22.6 Å². The van der Waals surface area contributed by atoms with E-state index in [0.29, 0.717) is 5.75 Å². The monoisotopic (exact) mass is 628 g/mol. The smallest absolute Gasteiger partial charge is 0.408 e. The van der Waals surface area contributed by atoms with Crippen molar-refractivity contribution in [2.45, 2.75) is 41.3 Å². The number of ether oxygens (including phenoxy) is 4. The fourth-order valence-corrected chi connectivity index (χ4v) is 6.44. The lowest BCUT2D eigenvalue weighted by Gasteiger charge is -2.30. The first kappa shape index (κ1) is 28.3. The van der Waals surface area contributed by atoms with E-state index in [9.17, 15) is 23.4 Å². The molecular formula is C22H33IN2O9S. The van der Waals surface area contributed by atoms with Gasteiger partial charge >= 0.3 is 6.09 Å². The topological polar surface area (TPSA) is 144 Å². The minimum Gasteiger partial charge on any atom is -0.497 e. The van der Waals surface area contributed by atoms with Crippen LogP contribution in [0.4, 0.5) is 4.79 Å². The Hall–Kier alpha value is -1.23. The number of rotatable bonds is 11. The van der Waals surface area contributed by atoms with Gasteiger partial charge in [0.15, 0.2) is 6.29 Å². The highest BCUT2D eigenvalue weighted by molar-refractivity contribution is 14.1. The van der Waals surface area contributed by atoms with Crippen LogP contribution < -0.4 is 10.1 Å². The highest BCUT2D eigenvalue weighted by atomic mass is 127. The highest BCUT2D eigenvalue weighted by Crippen LogP contribution is 2.33. The molecule has 2 aliphatic rings. The van der Waals surface area contributed by atoms with Gasteiger partial charge in [0.05, 0.1) is 41.3 Å². The number of fused-ring (bicyclic) bond motifs is 1. The van der Waals surface area contributed by atoms with E-state index in [0.717, 1.165) is 0 Å². The number of alkyl halides is 1. The number of alkyl carbamates (subject to hydrolysis) is 1. The summed E-state index contributed by atoms with van der Waals surface area (Å²) in [5.41, 5.74) is 0. The molecule has 0 spiro atoms. The number of sulfonamides is 1. The molecule has 1 aromatic rings. The lowest BCUT2D eigenvalue weighted by Crippen LogP contribution is -2.47. The lowest BCUT2D eigenvalue weighted by atomic mass is 10.0. The van der Waals surface area contributed by atoms with Gasteiger partial charge in [0.25, 0.3) is 0 Å². The number of hydrogen-bond acceptors (Lipinski definition) is 9. The van der Waals surface area contributed by atoms with E-state index in [1.54, 1.807) is 12.1 Å². The molecule has 35 heavy (non-hydrogen) atoms. The van der Waals surface area contributed by atoms with Gasteiger partial charge in [0.1, 0.15) is 11.9 Å². The summed E-state index contributed by atoms with van der Waals surface area (Å²) in [6.07, 6.45) is -2.80. The van der Waals surface area contributed by atoms with Gasteiger partial charge in [-0.05, 0) is 30.2 Å². The Morgan fingerprint density at radius 3 is 2.49 bits per heavy atom. The van der Waals surface area contributed by atoms with Crippen LogP contribution in [0.2, 0.25) is 0 Å². The molecule has 2 aliphatic heterocycles. The molecule has 0 saturated carbocycles. The second-order valence-electron chi connectivity index (χ2n) is 9.00. The minimum atomic E-state index is -3.86. The van der Waals surface area contributed by atoms with Crippen molar-refractivity contribution >= 4 is 38.7 Å². The second kappa shape index (κ2) is 12.3. The zero-order chi connectivity index (χ0) is 25.8. The Morgan fingerprint density at radius 2 is 1.89 bits per heavy atom. The average molecular weight is 628 g/mol. The van der Waals surface area contributed by atoms with Crippen molar-refractivity contribution in [2.75, 3.05) is 40.0 Å². The van der Waals surface area contributed by atoms with Gasteiger partial charge < -0.3 is 34.5 Å². The first-order chi connectivity index (χ1) is 16.6. The van der Waals surface area contributed by atoms with Crippen LogP contribution in [-0.2, 0) is 24.2 Å². The van der Waals surface area contributed by atoms with Gasteiger partial charge in [-0.15, -0.1) is 0 Å². The van der Waals surface area contributed by atoms with Crippen LogP contribution in [0, 0.1) is 17.8 Å². The Balaban J connectivity index is 1.66. The molecule has 0 radical (unpaired) electrons. The maximum absolute atomic E-state index is 13.4. The molecule has 1 amide bonds. The Bertz CT molecular complexity index is 947. The highest BCUT2D eigenvalue weighted by Gasteiger charge is 2.49. The van der Waals surface area contributed by atoms with E-state index in [2.05, 4.69) is 5.32 Å². The summed E-state index contributed by atoms with van der Waals surface area (Å²) in [4.78, 5) is 12.6. The number of methoxy groups -OCH3 is 1. The van der Waals surface area contributed by atoms with Crippen molar-refractivity contribution in [1.82, 2.24) is 9.62 Å². The summed E-state index contributed by atoms with van der Waals surface area (Å²) in [6, 6.07) is 6.11. The quantitative estimate of drug-likeness (QED) is 0.187. The maximum atomic E-state index is 13.4. The number of amides is 1. The summed E-state index contributed by atoms with van der Waals surface area (Å²) in [5.74, 6) is -0.497. The van der Waals surface area contributed by atoms with Crippen LogP contribution in [0.5, 0.6) is 5.75 Å². The number of nitrogens with one attached hydrogen (secondary N) is 1. The van der Waals surface area contributed by atoms with Gasteiger partial charge in [-0.1, -0.05) is 36.4 Å². The minimum absolute atomic E-state index is 0.0132. The molecule has 2 saturated heterocycles. The Labute approximate surface area is 219 Å². The predicted molar refractivity (Wildman–Crippen MR) is 134 cm³/mol. The van der Waals surface area contributed by atoms with Gasteiger partial charge in [-0.2, -0.15) is 4.31 Å². The first-order valence-electron chi connectivity index (χ1n) is 11.3. The number of carbonyl (C=O) groups is 1. The van der Waals surface area contributed by atoms with Gasteiger partial charge in [0.2, 0.25) is 10.0 Å². The number of benzene rings is 1. The fourth-order valence-electron chi connectivity index (χ4n) is 4.07. The van der Waals surface area contributed by atoms with E-state index < -0.39 is 50.5 Å². The lowest BCUT2D eigenvalue weighted by molar-refractivity contribution is -0.0911. The van der Waals surface area contributed by atoms with Crippen LogP contribution in [0.3, 0.4) is 0 Å². The average Bonchev–Trinajstić information content (AvgIpc) is 3.39. The summed E-state index contributed by atoms with van der Waals surface area (Å²) in [7, 11) is -2.36. The molecule has 3 rings (SSSR count). The molecule has 2 heterocycles. The van der Waals surface area contributed by atoms with Gasteiger partial charge in [-0.25, -0.2) is 13.2 Å². The normalized spacial score (nSPS) is 25.9. The summed E-state index contributed by atoms with van der Waals surface area (Å²) in [5, 5.41) is 22.7. The molecule has 0 aromatic heterocycles. The molecule has 2 fully saturated rings. The molecule has 5 unspecified atom stereocenters. The standard InChI is InChI=1S/C22H33IN2O9S/c1-13(2)8-25(35(29,30)16-6-4-15(31-3)5-7-16)9-14(10-26)20(23)24-22(28)34-18-12-33-21-19(18)17(27)11-32-21/h4-7,13-14,17-21,26-27H,8-12H2,1-3H3,(H,24,28)/t14?,17?,18-,19?,20?,21?/m0/s1. The molecule has 198 valence electrons. The molecule has 0 bridgehead atoms. The number of carbonyl (C=O) groups excluding carboxylic acids is 1. The summed E-state index contributed by atoms with van der Waals surface area (Å²) < 4.78 is 48.7. The molecular weight excluding hydrogens is 595 g/mol. The Kier molecular flexibility index (Phi) is 9.99. The number of aliphatic hydroxyl groups is 2. The third-order valence-electron chi connectivity index (χ3n) is 5.91. The van der Waals surface area contributed by atoms with Gasteiger partial charge in [-0.3, -0.25) is 0 Å². The third-order valence-corrected chi connectivity index (χ3v) is 9.08. The zero-order valence-electron chi connectivity index (χ0n) is 19.9. The summed E-state index contributed by atoms with van der Waals surface area (Å²) in [6.45, 7) is 3.90. The third kappa shape index (κ3) is 6.96. The number of nitrogens with zero attached hydrogens (tertiary/aromatic N) is 1. The van der Waals surface area contributed by atoms with E-state index in [1.165, 1.54) is 23.5 Å². The maximum Gasteiger partial charge on any atom is 0.408 e. The van der Waals surface area contributed by atoms with Crippen molar-refractivity contribution < 1.29 is 42.4 Å². The van der Waals surface area contributed by atoms with Crippen molar-refractivity contribution in [2.24, 2.45) is 17.8 Å². The van der Waals surface area contributed by atoms with E-state index in [4.69, 9.17) is 18.9 Å². The molecule has 11 nitrogen and oxygen atoms in total. The number of aliphatic hydroxyl groups excluding tert-OH is 2. The molecule has 13 heteroatoms. The molecule has 0 aliphatic carbocycles. The van der Waals surface area contributed by atoms with Gasteiger partial charge in [0, 0.05) is 25.6 Å². The SMILES string of the molecule is COc1ccc(S(=O)(=O)N(CC(C)C)CC(CO)C(I)NC(=O)O[C@H]2COC3OCC(O)C32)cc1.